The molecule has 150 valence electrons. The van der Waals surface area contributed by atoms with E-state index < -0.39 is 0 Å². The van der Waals surface area contributed by atoms with Crippen LogP contribution in [0.25, 0.3) is 0 Å². The first-order valence-corrected chi connectivity index (χ1v) is 9.69. The van der Waals surface area contributed by atoms with Crippen molar-refractivity contribution in [3.63, 3.8) is 0 Å². The Morgan fingerprint density at radius 2 is 1.69 bits per heavy atom. The lowest BCUT2D eigenvalue weighted by Gasteiger charge is -2.17. The Labute approximate surface area is 171 Å². The second-order valence-electron chi connectivity index (χ2n) is 6.77. The van der Waals surface area contributed by atoms with E-state index in [0.717, 1.165) is 16.9 Å². The van der Waals surface area contributed by atoms with Crippen LogP contribution in [0.4, 0.5) is 5.69 Å². The van der Waals surface area contributed by atoms with E-state index in [-0.39, 0.29) is 11.9 Å². The molecule has 0 aromatic heterocycles. The number of hydrogen-bond donors (Lipinski definition) is 2. The number of amides is 1. The maximum absolute atomic E-state index is 13.1. The molecular weight excluding hydrogens is 364 g/mol. The van der Waals surface area contributed by atoms with E-state index in [1.165, 1.54) is 0 Å². The van der Waals surface area contributed by atoms with Crippen LogP contribution in [0.3, 0.4) is 0 Å². The van der Waals surface area contributed by atoms with E-state index in [4.69, 9.17) is 9.47 Å². The predicted molar refractivity (Wildman–Crippen MR) is 114 cm³/mol. The molecule has 3 rings (SSSR count). The average Bonchev–Trinajstić information content (AvgIpc) is 2.75. The van der Waals surface area contributed by atoms with E-state index in [0.29, 0.717) is 24.6 Å². The van der Waals surface area contributed by atoms with Crippen molar-refractivity contribution in [3.05, 3.63) is 90.0 Å². The van der Waals surface area contributed by atoms with E-state index in [1.54, 1.807) is 7.11 Å². The van der Waals surface area contributed by atoms with Gasteiger partial charge in [-0.2, -0.15) is 0 Å². The minimum Gasteiger partial charge on any atom is -0.495 e. The number of carbonyl (C=O) groups is 1. The second-order valence-corrected chi connectivity index (χ2v) is 6.77. The van der Waals surface area contributed by atoms with Gasteiger partial charge in [0.05, 0.1) is 12.8 Å². The average molecular weight is 391 g/mol. The van der Waals surface area contributed by atoms with Crippen LogP contribution >= 0.6 is 0 Å². The highest BCUT2D eigenvalue weighted by atomic mass is 16.5. The van der Waals surface area contributed by atoms with Crippen LogP contribution in [0.2, 0.25) is 0 Å². The first-order chi connectivity index (χ1) is 14.2. The number of quaternary nitrogens is 1. The first-order valence-electron chi connectivity index (χ1n) is 9.69. The van der Waals surface area contributed by atoms with Gasteiger partial charge in [0.1, 0.15) is 24.7 Å². The molecule has 3 aromatic rings. The monoisotopic (exact) mass is 391 g/mol. The van der Waals surface area contributed by atoms with Crippen LogP contribution in [0.5, 0.6) is 11.5 Å². The smallest absolute Gasteiger partial charge is 0.287 e. The lowest BCUT2D eigenvalue weighted by Crippen LogP contribution is -2.88. The van der Waals surface area contributed by atoms with Crippen molar-refractivity contribution in [2.24, 2.45) is 0 Å². The number of anilines is 1. The van der Waals surface area contributed by atoms with Crippen molar-refractivity contribution >= 4 is 11.6 Å². The van der Waals surface area contributed by atoms with E-state index in [9.17, 15) is 4.79 Å². The van der Waals surface area contributed by atoms with Gasteiger partial charge < -0.3 is 20.1 Å². The summed E-state index contributed by atoms with van der Waals surface area (Å²) in [6.07, 6.45) is 0. The lowest BCUT2D eigenvalue weighted by molar-refractivity contribution is -0.682. The van der Waals surface area contributed by atoms with Gasteiger partial charge in [0.2, 0.25) is 0 Å². The Morgan fingerprint density at radius 1 is 1.00 bits per heavy atom. The molecule has 0 aliphatic heterocycles. The summed E-state index contributed by atoms with van der Waals surface area (Å²) in [5.74, 6) is 1.37. The van der Waals surface area contributed by atoms with Crippen molar-refractivity contribution in [1.82, 2.24) is 0 Å². The van der Waals surface area contributed by atoms with E-state index in [1.807, 2.05) is 91.1 Å². The van der Waals surface area contributed by atoms with Crippen molar-refractivity contribution in [3.8, 4) is 11.5 Å². The molecule has 0 radical (unpaired) electrons. The summed E-state index contributed by atoms with van der Waals surface area (Å²) in [5.41, 5.74) is 2.67. The number of nitrogens with two attached hydrogens (primary N) is 1. The zero-order valence-corrected chi connectivity index (χ0v) is 16.8. The fraction of sp³-hybridized carbons (Fsp3) is 0.208. The van der Waals surface area contributed by atoms with Gasteiger partial charge in [-0.3, -0.25) is 4.79 Å². The van der Waals surface area contributed by atoms with Crippen LogP contribution < -0.4 is 20.1 Å². The molecular formula is C24H27N2O3+. The van der Waals surface area contributed by atoms with Gasteiger partial charge in [-0.15, -0.1) is 0 Å². The maximum atomic E-state index is 13.1. The normalized spacial score (nSPS) is 11.5. The number of hydrogen-bond acceptors (Lipinski definition) is 3. The summed E-state index contributed by atoms with van der Waals surface area (Å²) in [4.78, 5) is 13.1. The molecule has 1 atom stereocenters. The topological polar surface area (TPSA) is 64.2 Å². The number of carbonyl (C=O) groups excluding carboxylic acids is 1. The zero-order chi connectivity index (χ0) is 20.5. The Balaban J connectivity index is 1.68. The minimum absolute atomic E-state index is 0.0974. The highest BCUT2D eigenvalue weighted by Gasteiger charge is 2.24. The molecule has 5 nitrogen and oxygen atoms in total. The number of methoxy groups -OCH3 is 1. The molecule has 29 heavy (non-hydrogen) atoms. The summed E-state index contributed by atoms with van der Waals surface area (Å²) >= 11 is 0. The number of para-hydroxylation sites is 1. The Morgan fingerprint density at radius 3 is 2.38 bits per heavy atom. The summed E-state index contributed by atoms with van der Waals surface area (Å²) in [6.45, 7) is 3.14. The van der Waals surface area contributed by atoms with Crippen molar-refractivity contribution in [1.29, 1.82) is 0 Å². The largest absolute Gasteiger partial charge is 0.495 e. The molecule has 0 aliphatic rings. The molecule has 3 N–H and O–H groups in total. The SMILES string of the molecule is COc1ccc(C)cc1NC(=O)[C@H]([NH2+]CCOc1ccccc1)c1ccccc1. The molecule has 0 aliphatic carbocycles. The lowest BCUT2D eigenvalue weighted by atomic mass is 10.1. The van der Waals surface area contributed by atoms with Gasteiger partial charge >= 0.3 is 0 Å². The van der Waals surface area contributed by atoms with Gasteiger partial charge in [0.15, 0.2) is 6.04 Å². The standard InChI is InChI=1S/C24H26N2O3/c1-18-13-14-22(28-2)21(17-18)26-24(27)23(19-9-5-3-6-10-19)25-15-16-29-20-11-7-4-8-12-20/h3-14,17,23,25H,15-16H2,1-2H3,(H,26,27)/p+1/t23-/m1/s1. The van der Waals surface area contributed by atoms with Crippen molar-refractivity contribution in [2.75, 3.05) is 25.6 Å². The number of rotatable bonds is 9. The summed E-state index contributed by atoms with van der Waals surface area (Å²) in [6, 6.07) is 24.8. The molecule has 0 fully saturated rings. The van der Waals surface area contributed by atoms with Gasteiger partial charge in [-0.1, -0.05) is 54.6 Å². The van der Waals surface area contributed by atoms with Gasteiger partial charge in [0.25, 0.3) is 5.91 Å². The molecule has 0 spiro atoms. The molecule has 3 aromatic carbocycles. The first kappa shape index (κ1) is 20.4. The van der Waals surface area contributed by atoms with Crippen LogP contribution in [0.1, 0.15) is 17.2 Å². The predicted octanol–water partition coefficient (Wildman–Crippen LogP) is 3.33. The number of nitrogens with one attached hydrogen (secondary N) is 1. The molecule has 0 bridgehead atoms. The van der Waals surface area contributed by atoms with Gasteiger partial charge in [0, 0.05) is 5.56 Å². The van der Waals surface area contributed by atoms with Crippen molar-refractivity contribution in [2.45, 2.75) is 13.0 Å². The summed E-state index contributed by atoms with van der Waals surface area (Å²) < 4.78 is 11.1. The maximum Gasteiger partial charge on any atom is 0.287 e. The fourth-order valence-electron chi connectivity index (χ4n) is 3.11. The molecule has 0 saturated carbocycles. The third-order valence-corrected chi connectivity index (χ3v) is 4.59. The number of ether oxygens (including phenoxy) is 2. The summed E-state index contributed by atoms with van der Waals surface area (Å²) in [7, 11) is 1.60. The molecule has 0 heterocycles. The molecule has 0 unspecified atom stereocenters. The Bertz CT molecular complexity index is 914. The minimum atomic E-state index is -0.388. The number of benzene rings is 3. The molecule has 1 amide bonds. The third-order valence-electron chi connectivity index (χ3n) is 4.59. The van der Waals surface area contributed by atoms with E-state index >= 15 is 0 Å². The highest BCUT2D eigenvalue weighted by molar-refractivity contribution is 5.95. The van der Waals surface area contributed by atoms with Gasteiger partial charge in [-0.05, 0) is 36.8 Å². The molecule has 0 saturated heterocycles. The quantitative estimate of drug-likeness (QED) is 0.550. The van der Waals surface area contributed by atoms with Crippen LogP contribution in [-0.4, -0.2) is 26.2 Å². The van der Waals surface area contributed by atoms with Crippen LogP contribution in [0.15, 0.2) is 78.9 Å². The van der Waals surface area contributed by atoms with Crippen LogP contribution in [-0.2, 0) is 4.79 Å². The van der Waals surface area contributed by atoms with Gasteiger partial charge in [-0.25, -0.2) is 0 Å². The third kappa shape index (κ3) is 5.83. The number of aryl methyl sites for hydroxylation is 1. The highest BCUT2D eigenvalue weighted by Crippen LogP contribution is 2.26. The van der Waals surface area contributed by atoms with Crippen molar-refractivity contribution < 1.29 is 19.6 Å². The van der Waals surface area contributed by atoms with Crippen LogP contribution in [0, 0.1) is 6.92 Å². The van der Waals surface area contributed by atoms with E-state index in [2.05, 4.69) is 5.32 Å². The second kappa shape index (κ2) is 10.3. The Kier molecular flexibility index (Phi) is 7.25. The summed E-state index contributed by atoms with van der Waals surface area (Å²) in [5, 5.41) is 5.02. The molecule has 5 heteroatoms. The zero-order valence-electron chi connectivity index (χ0n) is 16.8. The Hall–Kier alpha value is -3.31. The fourth-order valence-corrected chi connectivity index (χ4v) is 3.11.